The topological polar surface area (TPSA) is 57.5 Å². The Labute approximate surface area is 121 Å². The zero-order valence-corrected chi connectivity index (χ0v) is 13.0. The first kappa shape index (κ1) is 16.3. The number of hydrogen-bond acceptors (Lipinski definition) is 4. The van der Waals surface area contributed by atoms with E-state index >= 15 is 0 Å². The fourth-order valence-electron chi connectivity index (χ4n) is 0.968. The van der Waals surface area contributed by atoms with E-state index in [1.165, 1.54) is 12.4 Å². The smallest absolute Gasteiger partial charge is 0.388 e. The van der Waals surface area contributed by atoms with Gasteiger partial charge in [0.25, 0.3) is 0 Å². The lowest BCUT2D eigenvalue weighted by Crippen LogP contribution is -2.25. The summed E-state index contributed by atoms with van der Waals surface area (Å²) in [5, 5.41) is 0. The Bertz CT molecular complexity index is 466. The zero-order valence-electron chi connectivity index (χ0n) is 10.6. The standard InChI is InChI=1S/C11H13BrF2N2O2S/c1-11(2,3)19(17)16-6-7-4-5-15-9(8(7)12)18-10(13)14/h4-6,10H,1-3H3/t19-/m0/s1. The molecule has 0 aliphatic rings. The van der Waals surface area contributed by atoms with Gasteiger partial charge in [0.15, 0.2) is 0 Å². The molecule has 0 saturated carbocycles. The van der Waals surface area contributed by atoms with Crippen LogP contribution in [0, 0.1) is 0 Å². The van der Waals surface area contributed by atoms with Crippen molar-refractivity contribution in [1.82, 2.24) is 4.98 Å². The van der Waals surface area contributed by atoms with Crippen LogP contribution in [0.4, 0.5) is 8.78 Å². The first-order chi connectivity index (χ1) is 8.71. The van der Waals surface area contributed by atoms with Gasteiger partial charge in [0.05, 0.1) is 10.7 Å². The van der Waals surface area contributed by atoms with Gasteiger partial charge in [0.2, 0.25) is 5.88 Å². The Morgan fingerprint density at radius 3 is 2.68 bits per heavy atom. The number of halogens is 3. The van der Waals surface area contributed by atoms with Crippen molar-refractivity contribution in [3.63, 3.8) is 0 Å². The number of alkyl halides is 2. The summed E-state index contributed by atoms with van der Waals surface area (Å²) in [5.41, 5.74) is 0.461. The first-order valence-electron chi connectivity index (χ1n) is 5.27. The van der Waals surface area contributed by atoms with Crippen molar-refractivity contribution in [2.45, 2.75) is 32.1 Å². The predicted molar refractivity (Wildman–Crippen MR) is 74.1 cm³/mol. The molecule has 0 bridgehead atoms. The van der Waals surface area contributed by atoms with Gasteiger partial charge >= 0.3 is 6.61 Å². The second-order valence-corrected chi connectivity index (χ2v) is 7.22. The molecule has 0 fully saturated rings. The third-order valence-corrected chi connectivity index (χ3v) is 4.04. The van der Waals surface area contributed by atoms with Gasteiger partial charge in [0, 0.05) is 11.8 Å². The molecule has 0 spiro atoms. The van der Waals surface area contributed by atoms with Crippen LogP contribution in [0.5, 0.6) is 5.88 Å². The van der Waals surface area contributed by atoms with Gasteiger partial charge in [-0.15, -0.1) is 0 Å². The number of rotatable bonds is 4. The SMILES string of the molecule is CC(C)(C)[S@+]([O-])N=Cc1ccnc(OC(F)F)c1Br. The van der Waals surface area contributed by atoms with Crippen LogP contribution in [-0.2, 0) is 11.4 Å². The molecule has 1 rings (SSSR count). The largest absolute Gasteiger partial charge is 0.591 e. The lowest BCUT2D eigenvalue weighted by molar-refractivity contribution is -0.0534. The summed E-state index contributed by atoms with van der Waals surface area (Å²) in [5.74, 6) is -0.236. The van der Waals surface area contributed by atoms with Gasteiger partial charge in [-0.05, 0) is 42.8 Å². The first-order valence-corrected chi connectivity index (χ1v) is 7.17. The molecule has 0 radical (unpaired) electrons. The minimum absolute atomic E-state index is 0.236. The average Bonchev–Trinajstić information content (AvgIpc) is 2.28. The van der Waals surface area contributed by atoms with Crippen molar-refractivity contribution >= 4 is 33.5 Å². The summed E-state index contributed by atoms with van der Waals surface area (Å²) in [6.45, 7) is 2.40. The van der Waals surface area contributed by atoms with Crippen LogP contribution in [0.3, 0.4) is 0 Å². The molecule has 0 N–H and O–H groups in total. The maximum atomic E-state index is 12.1. The minimum atomic E-state index is -2.96. The summed E-state index contributed by atoms with van der Waals surface area (Å²) in [4.78, 5) is 3.67. The summed E-state index contributed by atoms with van der Waals surface area (Å²) in [6.07, 6.45) is 2.65. The second-order valence-electron chi connectivity index (χ2n) is 4.49. The molecule has 0 unspecified atom stereocenters. The van der Waals surface area contributed by atoms with Gasteiger partial charge < -0.3 is 9.29 Å². The van der Waals surface area contributed by atoms with E-state index in [0.717, 1.165) is 0 Å². The number of hydrogen-bond donors (Lipinski definition) is 0. The van der Waals surface area contributed by atoms with Gasteiger partial charge in [-0.25, -0.2) is 4.98 Å². The van der Waals surface area contributed by atoms with Crippen molar-refractivity contribution in [2.75, 3.05) is 0 Å². The molecule has 19 heavy (non-hydrogen) atoms. The summed E-state index contributed by atoms with van der Waals surface area (Å²) >= 11 is 1.68. The molecule has 106 valence electrons. The van der Waals surface area contributed by atoms with E-state index in [4.69, 9.17) is 0 Å². The van der Waals surface area contributed by atoms with Crippen molar-refractivity contribution in [3.05, 3.63) is 22.3 Å². The van der Waals surface area contributed by atoms with Crippen LogP contribution in [0.15, 0.2) is 21.1 Å². The average molecular weight is 355 g/mol. The third-order valence-electron chi connectivity index (χ3n) is 1.90. The molecule has 0 saturated heterocycles. The van der Waals surface area contributed by atoms with Crippen LogP contribution in [0.2, 0.25) is 0 Å². The number of ether oxygens (including phenoxy) is 1. The van der Waals surface area contributed by atoms with Crippen LogP contribution < -0.4 is 4.74 Å². The highest BCUT2D eigenvalue weighted by Crippen LogP contribution is 2.27. The van der Waals surface area contributed by atoms with Crippen LogP contribution in [-0.4, -0.2) is 27.1 Å². The molecule has 0 aliphatic carbocycles. The van der Waals surface area contributed by atoms with Gasteiger partial charge in [-0.2, -0.15) is 8.78 Å². The Hall–Kier alpha value is -0.730. The van der Waals surface area contributed by atoms with Crippen molar-refractivity contribution in [1.29, 1.82) is 0 Å². The van der Waals surface area contributed by atoms with Crippen LogP contribution in [0.1, 0.15) is 26.3 Å². The normalized spacial score (nSPS) is 14.1. The Balaban J connectivity index is 2.93. The highest BCUT2D eigenvalue weighted by molar-refractivity contribution is 9.10. The molecule has 0 amide bonds. The molecule has 1 aromatic rings. The number of aromatic nitrogens is 1. The lowest BCUT2D eigenvalue weighted by Gasteiger charge is -2.17. The Morgan fingerprint density at radius 1 is 1.53 bits per heavy atom. The van der Waals surface area contributed by atoms with Crippen molar-refractivity contribution in [2.24, 2.45) is 4.40 Å². The molecule has 1 atom stereocenters. The molecule has 4 nitrogen and oxygen atoms in total. The van der Waals surface area contributed by atoms with E-state index < -0.39 is 22.7 Å². The zero-order chi connectivity index (χ0) is 14.6. The molecular weight excluding hydrogens is 342 g/mol. The summed E-state index contributed by atoms with van der Waals surface area (Å²) in [7, 11) is 0. The molecule has 0 aliphatic heterocycles. The summed E-state index contributed by atoms with van der Waals surface area (Å²) in [6, 6.07) is 1.55. The minimum Gasteiger partial charge on any atom is -0.591 e. The number of nitrogens with zero attached hydrogens (tertiary/aromatic N) is 2. The van der Waals surface area contributed by atoms with E-state index in [1.807, 2.05) is 0 Å². The highest BCUT2D eigenvalue weighted by atomic mass is 79.9. The van der Waals surface area contributed by atoms with Crippen molar-refractivity contribution < 1.29 is 18.1 Å². The van der Waals surface area contributed by atoms with Crippen LogP contribution >= 0.6 is 15.9 Å². The van der Waals surface area contributed by atoms with Gasteiger partial charge in [-0.3, -0.25) is 0 Å². The predicted octanol–water partition coefficient (Wildman–Crippen LogP) is 3.33. The van der Waals surface area contributed by atoms with Crippen molar-refractivity contribution in [3.8, 4) is 5.88 Å². The van der Waals surface area contributed by atoms with E-state index in [0.29, 0.717) is 5.56 Å². The molecule has 1 aromatic heterocycles. The highest BCUT2D eigenvalue weighted by Gasteiger charge is 2.26. The third kappa shape index (κ3) is 5.04. The Kier molecular flexibility index (Phi) is 5.69. The van der Waals surface area contributed by atoms with E-state index in [1.54, 1.807) is 26.8 Å². The molecule has 1 heterocycles. The molecular formula is C11H13BrF2N2O2S. The molecule has 0 aromatic carbocycles. The summed E-state index contributed by atoms with van der Waals surface area (Å²) < 4.78 is 43.9. The van der Waals surface area contributed by atoms with Gasteiger partial charge in [0.1, 0.15) is 16.1 Å². The van der Waals surface area contributed by atoms with E-state index in [-0.39, 0.29) is 10.4 Å². The lowest BCUT2D eigenvalue weighted by atomic mass is 10.3. The quantitative estimate of drug-likeness (QED) is 0.615. The van der Waals surface area contributed by atoms with Gasteiger partial charge in [-0.1, -0.05) is 4.40 Å². The van der Waals surface area contributed by atoms with E-state index in [2.05, 4.69) is 30.0 Å². The fourth-order valence-corrected chi connectivity index (χ4v) is 1.92. The maximum absolute atomic E-state index is 12.1. The van der Waals surface area contributed by atoms with E-state index in [9.17, 15) is 13.3 Å². The van der Waals surface area contributed by atoms with Crippen LogP contribution in [0.25, 0.3) is 0 Å². The number of pyridine rings is 1. The maximum Gasteiger partial charge on any atom is 0.388 e. The fraction of sp³-hybridized carbons (Fsp3) is 0.455. The second kappa shape index (κ2) is 6.62. The molecule has 8 heteroatoms. The Morgan fingerprint density at radius 2 is 2.16 bits per heavy atom. The monoisotopic (exact) mass is 354 g/mol.